The number of rotatable bonds is 5. The highest BCUT2D eigenvalue weighted by molar-refractivity contribution is 7.92. The molecule has 7 nitrogen and oxygen atoms in total. The molecule has 0 aromatic heterocycles. The van der Waals surface area contributed by atoms with E-state index >= 15 is 0 Å². The second kappa shape index (κ2) is 7.66. The Balaban J connectivity index is 1.82. The van der Waals surface area contributed by atoms with Gasteiger partial charge in [-0.25, -0.2) is 8.42 Å². The fourth-order valence-electron chi connectivity index (χ4n) is 3.14. The van der Waals surface area contributed by atoms with E-state index in [4.69, 9.17) is 11.6 Å². The van der Waals surface area contributed by atoms with Gasteiger partial charge in [0.2, 0.25) is 0 Å². The summed E-state index contributed by atoms with van der Waals surface area (Å²) in [7, 11) is -3.44. The summed E-state index contributed by atoms with van der Waals surface area (Å²) in [4.78, 5) is 22.7. The summed E-state index contributed by atoms with van der Waals surface area (Å²) in [5, 5.41) is 12.9. The maximum Gasteiger partial charge on any atom is 0.270 e. The number of carbonyl (C=O) groups excluding carboxylic acids is 1. The Morgan fingerprint density at radius 1 is 1.15 bits per heavy atom. The zero-order valence-corrected chi connectivity index (χ0v) is 15.8. The number of nitrogens with zero attached hydrogens (tertiary/aromatic N) is 1. The summed E-state index contributed by atoms with van der Waals surface area (Å²) in [6.07, 6.45) is 3.10. The number of sulfone groups is 1. The van der Waals surface area contributed by atoms with E-state index in [1.165, 1.54) is 24.3 Å². The molecule has 27 heavy (non-hydrogen) atoms. The fraction of sp³-hybridized carbons (Fsp3) is 0.278. The highest BCUT2D eigenvalue weighted by atomic mass is 35.5. The lowest BCUT2D eigenvalue weighted by atomic mass is 10.2. The molecule has 3 rings (SSSR count). The molecule has 1 N–H and O–H groups in total. The molecule has 1 fully saturated rings. The minimum atomic E-state index is -3.44. The summed E-state index contributed by atoms with van der Waals surface area (Å²) < 4.78 is 25.4. The van der Waals surface area contributed by atoms with Crippen LogP contribution >= 0.6 is 11.6 Å². The van der Waals surface area contributed by atoms with Crippen molar-refractivity contribution in [3.63, 3.8) is 0 Å². The van der Waals surface area contributed by atoms with Gasteiger partial charge in [0.25, 0.3) is 11.6 Å². The van der Waals surface area contributed by atoms with Crippen LogP contribution in [0, 0.1) is 10.1 Å². The highest BCUT2D eigenvalue weighted by Gasteiger charge is 2.30. The summed E-state index contributed by atoms with van der Waals surface area (Å²) in [6.45, 7) is 0. The van der Waals surface area contributed by atoms with E-state index in [2.05, 4.69) is 5.32 Å². The Bertz CT molecular complexity index is 1000. The lowest BCUT2D eigenvalue weighted by molar-refractivity contribution is -0.384. The normalized spacial score (nSPS) is 14.9. The maximum atomic E-state index is 12.7. The molecule has 1 aliphatic carbocycles. The minimum Gasteiger partial charge on any atom is -0.322 e. The monoisotopic (exact) mass is 408 g/mol. The van der Waals surface area contributed by atoms with Crippen LogP contribution in [0.25, 0.3) is 0 Å². The van der Waals surface area contributed by atoms with Crippen molar-refractivity contribution in [3.8, 4) is 0 Å². The highest BCUT2D eigenvalue weighted by Crippen LogP contribution is 2.31. The van der Waals surface area contributed by atoms with Crippen LogP contribution in [0.1, 0.15) is 36.0 Å². The van der Waals surface area contributed by atoms with E-state index in [9.17, 15) is 23.3 Å². The predicted molar refractivity (Wildman–Crippen MR) is 102 cm³/mol. The Morgan fingerprint density at radius 2 is 1.85 bits per heavy atom. The molecule has 0 heterocycles. The van der Waals surface area contributed by atoms with Crippen molar-refractivity contribution in [3.05, 3.63) is 63.2 Å². The summed E-state index contributed by atoms with van der Waals surface area (Å²) in [6, 6.07) is 9.61. The zero-order chi connectivity index (χ0) is 19.6. The van der Waals surface area contributed by atoms with Crippen molar-refractivity contribution in [2.24, 2.45) is 0 Å². The number of non-ortho nitro benzene ring substituents is 1. The van der Waals surface area contributed by atoms with E-state index in [-0.39, 0.29) is 26.4 Å². The molecule has 1 saturated carbocycles. The minimum absolute atomic E-state index is 0.0589. The van der Waals surface area contributed by atoms with Gasteiger partial charge in [-0.3, -0.25) is 14.9 Å². The zero-order valence-electron chi connectivity index (χ0n) is 14.2. The average Bonchev–Trinajstić information content (AvgIpc) is 3.17. The van der Waals surface area contributed by atoms with Gasteiger partial charge in [-0.05, 0) is 37.1 Å². The lowest BCUT2D eigenvalue weighted by Crippen LogP contribution is -2.18. The number of hydrogen-bond acceptors (Lipinski definition) is 5. The second-order valence-corrected chi connectivity index (χ2v) is 8.99. The van der Waals surface area contributed by atoms with Crippen LogP contribution in [0.2, 0.25) is 5.02 Å². The Labute approximate surface area is 161 Å². The van der Waals surface area contributed by atoms with Crippen molar-refractivity contribution in [2.75, 3.05) is 5.32 Å². The van der Waals surface area contributed by atoms with Crippen molar-refractivity contribution in [2.45, 2.75) is 35.8 Å². The number of nitro groups is 1. The summed E-state index contributed by atoms with van der Waals surface area (Å²) in [5.41, 5.74) is 0.154. The van der Waals surface area contributed by atoms with Gasteiger partial charge in [0.15, 0.2) is 9.84 Å². The number of amides is 1. The van der Waals surface area contributed by atoms with Gasteiger partial charge in [-0.15, -0.1) is 0 Å². The molecule has 142 valence electrons. The maximum absolute atomic E-state index is 12.7. The molecular weight excluding hydrogens is 392 g/mol. The van der Waals surface area contributed by atoms with Crippen LogP contribution in [0.5, 0.6) is 0 Å². The first-order valence-corrected chi connectivity index (χ1v) is 10.3. The van der Waals surface area contributed by atoms with Crippen LogP contribution in [0.15, 0.2) is 47.4 Å². The topological polar surface area (TPSA) is 106 Å². The van der Waals surface area contributed by atoms with E-state index in [0.29, 0.717) is 18.5 Å². The van der Waals surface area contributed by atoms with Gasteiger partial charge in [-0.2, -0.15) is 0 Å². The van der Waals surface area contributed by atoms with Gasteiger partial charge in [0.1, 0.15) is 0 Å². The molecule has 0 radical (unpaired) electrons. The number of anilines is 1. The molecule has 2 aromatic carbocycles. The number of hydrogen-bond donors (Lipinski definition) is 1. The first kappa shape index (κ1) is 19.3. The smallest absolute Gasteiger partial charge is 0.270 e. The predicted octanol–water partition coefficient (Wildman–Crippen LogP) is 4.22. The average molecular weight is 409 g/mol. The number of nitrogens with one attached hydrogen (secondary N) is 1. The molecule has 1 aliphatic rings. The third-order valence-corrected chi connectivity index (χ3v) is 7.14. The van der Waals surface area contributed by atoms with E-state index in [1.807, 2.05) is 0 Å². The Kier molecular flexibility index (Phi) is 5.48. The fourth-order valence-corrected chi connectivity index (χ4v) is 5.30. The molecule has 0 unspecified atom stereocenters. The number of carbonyl (C=O) groups is 1. The van der Waals surface area contributed by atoms with Gasteiger partial charge < -0.3 is 5.32 Å². The molecule has 0 spiro atoms. The molecular formula is C18H17ClN2O5S. The Morgan fingerprint density at radius 3 is 2.48 bits per heavy atom. The number of benzene rings is 2. The first-order chi connectivity index (χ1) is 12.8. The third kappa shape index (κ3) is 4.12. The molecule has 0 saturated heterocycles. The molecule has 0 aliphatic heterocycles. The molecule has 9 heteroatoms. The molecule has 0 bridgehead atoms. The Hall–Kier alpha value is -2.45. The molecule has 0 atom stereocenters. The number of halogens is 1. The van der Waals surface area contributed by atoms with Crippen LogP contribution in [0.4, 0.5) is 11.4 Å². The van der Waals surface area contributed by atoms with Gasteiger partial charge >= 0.3 is 0 Å². The van der Waals surface area contributed by atoms with E-state index in [1.54, 1.807) is 12.1 Å². The van der Waals surface area contributed by atoms with Crippen LogP contribution in [-0.2, 0) is 9.84 Å². The SMILES string of the molecule is O=C(Nc1cccc(S(=O)(=O)C2CCCC2)c1)c1ccc([N+](=O)[O-])cc1Cl. The van der Waals surface area contributed by atoms with Crippen molar-refractivity contribution in [1.29, 1.82) is 0 Å². The summed E-state index contributed by atoms with van der Waals surface area (Å²) >= 11 is 5.96. The van der Waals surface area contributed by atoms with E-state index in [0.717, 1.165) is 18.9 Å². The second-order valence-electron chi connectivity index (χ2n) is 6.35. The van der Waals surface area contributed by atoms with Crippen LogP contribution in [0.3, 0.4) is 0 Å². The van der Waals surface area contributed by atoms with Crippen molar-refractivity contribution in [1.82, 2.24) is 0 Å². The van der Waals surface area contributed by atoms with Gasteiger partial charge in [-0.1, -0.05) is 30.5 Å². The van der Waals surface area contributed by atoms with Gasteiger partial charge in [0.05, 0.1) is 25.7 Å². The molecule has 1 amide bonds. The molecule has 2 aromatic rings. The lowest BCUT2D eigenvalue weighted by Gasteiger charge is -2.13. The van der Waals surface area contributed by atoms with E-state index < -0.39 is 20.7 Å². The van der Waals surface area contributed by atoms with Crippen LogP contribution in [-0.4, -0.2) is 24.5 Å². The number of nitro benzene ring substituents is 1. The standard InChI is InChI=1S/C18H17ClN2O5S/c19-17-11-13(21(23)24)8-9-16(17)18(22)20-12-4-3-7-15(10-12)27(25,26)14-5-1-2-6-14/h3-4,7-11,14H,1-2,5-6H2,(H,20,22). The quantitative estimate of drug-likeness (QED) is 0.588. The third-order valence-electron chi connectivity index (χ3n) is 4.57. The largest absolute Gasteiger partial charge is 0.322 e. The van der Waals surface area contributed by atoms with Crippen molar-refractivity contribution >= 4 is 38.7 Å². The summed E-state index contributed by atoms with van der Waals surface area (Å²) in [5.74, 6) is -0.578. The van der Waals surface area contributed by atoms with Gasteiger partial charge in [0, 0.05) is 17.8 Å². The first-order valence-electron chi connectivity index (χ1n) is 8.38. The van der Waals surface area contributed by atoms with Crippen LogP contribution < -0.4 is 5.32 Å². The van der Waals surface area contributed by atoms with Crippen molar-refractivity contribution < 1.29 is 18.1 Å².